The molecule has 1 atom stereocenters. The van der Waals surface area contributed by atoms with E-state index in [1.54, 1.807) is 34.6 Å². The van der Waals surface area contributed by atoms with Crippen LogP contribution in [0.5, 0.6) is 5.75 Å². The number of carbonyl (C=O) groups is 2. The standard InChI is InChI=1S/C23H26N2O4S/c1-4-13-29-17-9-5-8-16(15-17)20-19(21(26)18-10-6-14-30-18)22(27)23(28)25(20)12-7-11-24(2)3/h4-6,8-10,14-15,20,27H,1,7,11-13H2,2-3H3/t20-/m0/s1. The highest BCUT2D eigenvalue weighted by molar-refractivity contribution is 7.12. The number of ether oxygens (including phenoxy) is 1. The van der Waals surface area contributed by atoms with E-state index in [9.17, 15) is 14.7 Å². The van der Waals surface area contributed by atoms with Crippen LogP contribution in [0.4, 0.5) is 0 Å². The molecule has 1 amide bonds. The van der Waals surface area contributed by atoms with E-state index in [-0.39, 0.29) is 11.4 Å². The largest absolute Gasteiger partial charge is 0.503 e. The fraction of sp³-hybridized carbons (Fsp3) is 0.304. The van der Waals surface area contributed by atoms with Gasteiger partial charge in [0.25, 0.3) is 5.91 Å². The fourth-order valence-electron chi connectivity index (χ4n) is 3.49. The maximum atomic E-state index is 13.2. The number of hydrogen-bond donors (Lipinski definition) is 1. The highest BCUT2D eigenvalue weighted by Gasteiger charge is 2.43. The fourth-order valence-corrected chi connectivity index (χ4v) is 4.17. The lowest BCUT2D eigenvalue weighted by atomic mass is 9.95. The molecule has 0 aliphatic carbocycles. The summed E-state index contributed by atoms with van der Waals surface area (Å²) in [4.78, 5) is 30.2. The number of carbonyl (C=O) groups excluding carboxylic acids is 2. The molecule has 1 aromatic heterocycles. The van der Waals surface area contributed by atoms with Crippen molar-refractivity contribution in [2.45, 2.75) is 12.5 Å². The van der Waals surface area contributed by atoms with Gasteiger partial charge in [-0.25, -0.2) is 0 Å². The number of amides is 1. The van der Waals surface area contributed by atoms with Crippen molar-refractivity contribution < 1.29 is 19.4 Å². The summed E-state index contributed by atoms with van der Waals surface area (Å²) in [6, 6.07) is 10.1. The second-order valence-corrected chi connectivity index (χ2v) is 8.25. The Morgan fingerprint density at radius 1 is 1.33 bits per heavy atom. The lowest BCUT2D eigenvalue weighted by molar-refractivity contribution is -0.129. The average molecular weight is 427 g/mol. The number of hydrogen-bond acceptors (Lipinski definition) is 6. The van der Waals surface area contributed by atoms with E-state index in [2.05, 4.69) is 6.58 Å². The van der Waals surface area contributed by atoms with Crippen molar-refractivity contribution >= 4 is 23.0 Å². The zero-order valence-corrected chi connectivity index (χ0v) is 18.0. The second kappa shape index (κ2) is 9.73. The lowest BCUT2D eigenvalue weighted by Gasteiger charge is -2.27. The quantitative estimate of drug-likeness (QED) is 0.462. The summed E-state index contributed by atoms with van der Waals surface area (Å²) in [7, 11) is 3.93. The Morgan fingerprint density at radius 2 is 2.13 bits per heavy atom. The van der Waals surface area contributed by atoms with Crippen LogP contribution in [-0.2, 0) is 4.79 Å². The van der Waals surface area contributed by atoms with Crippen LogP contribution in [0.25, 0.3) is 0 Å². The van der Waals surface area contributed by atoms with Crippen LogP contribution < -0.4 is 4.74 Å². The van der Waals surface area contributed by atoms with Crippen LogP contribution >= 0.6 is 11.3 Å². The Morgan fingerprint density at radius 3 is 2.80 bits per heavy atom. The summed E-state index contributed by atoms with van der Waals surface area (Å²) < 4.78 is 5.64. The third-order valence-corrected chi connectivity index (χ3v) is 5.71. The van der Waals surface area contributed by atoms with Crippen molar-refractivity contribution in [2.24, 2.45) is 0 Å². The molecule has 0 saturated carbocycles. The molecule has 30 heavy (non-hydrogen) atoms. The van der Waals surface area contributed by atoms with Gasteiger partial charge in [0.2, 0.25) is 5.78 Å². The molecule has 2 aromatic rings. The predicted molar refractivity (Wildman–Crippen MR) is 118 cm³/mol. The lowest BCUT2D eigenvalue weighted by Crippen LogP contribution is -2.33. The number of rotatable bonds is 10. The summed E-state index contributed by atoms with van der Waals surface area (Å²) in [6.45, 7) is 5.21. The number of ketones is 1. The van der Waals surface area contributed by atoms with Crippen LogP contribution in [0.2, 0.25) is 0 Å². The van der Waals surface area contributed by atoms with Crippen molar-refractivity contribution in [3.63, 3.8) is 0 Å². The molecule has 0 saturated heterocycles. The normalized spacial score (nSPS) is 16.4. The summed E-state index contributed by atoms with van der Waals surface area (Å²) in [6.07, 6.45) is 2.37. The van der Waals surface area contributed by atoms with Crippen LogP contribution in [0.15, 0.2) is 65.8 Å². The highest BCUT2D eigenvalue weighted by atomic mass is 32.1. The average Bonchev–Trinajstić information content (AvgIpc) is 3.35. The topological polar surface area (TPSA) is 70.1 Å². The zero-order chi connectivity index (χ0) is 21.7. The second-order valence-electron chi connectivity index (χ2n) is 7.30. The molecule has 0 spiro atoms. The number of thiophene rings is 1. The number of benzene rings is 1. The van der Waals surface area contributed by atoms with E-state index in [0.717, 1.165) is 18.5 Å². The molecule has 3 rings (SSSR count). The predicted octanol–water partition coefficient (Wildman–Crippen LogP) is 3.84. The van der Waals surface area contributed by atoms with Gasteiger partial charge in [0.1, 0.15) is 12.4 Å². The number of Topliss-reactive ketones (excluding diaryl/α,β-unsaturated/α-hetero) is 1. The van der Waals surface area contributed by atoms with Gasteiger partial charge in [-0.15, -0.1) is 11.3 Å². The number of nitrogens with zero attached hydrogens (tertiary/aromatic N) is 2. The van der Waals surface area contributed by atoms with Gasteiger partial charge in [0.15, 0.2) is 5.76 Å². The molecule has 1 aliphatic rings. The molecular formula is C23H26N2O4S. The summed E-state index contributed by atoms with van der Waals surface area (Å²) in [5, 5.41) is 12.5. The summed E-state index contributed by atoms with van der Waals surface area (Å²) in [5.74, 6) is -0.701. The Balaban J connectivity index is 2.00. The molecule has 1 aromatic carbocycles. The zero-order valence-electron chi connectivity index (χ0n) is 17.2. The van der Waals surface area contributed by atoms with E-state index >= 15 is 0 Å². The molecule has 2 heterocycles. The van der Waals surface area contributed by atoms with Gasteiger partial charge in [0.05, 0.1) is 16.5 Å². The molecule has 7 heteroatoms. The Bertz CT molecular complexity index is 950. The summed E-state index contributed by atoms with van der Waals surface area (Å²) in [5.41, 5.74) is 0.840. The maximum absolute atomic E-state index is 13.2. The SMILES string of the molecule is C=CCOc1cccc([C@H]2C(C(=O)c3cccs3)=C(O)C(=O)N2CCCN(C)C)c1. The van der Waals surface area contributed by atoms with E-state index in [1.165, 1.54) is 11.3 Å². The highest BCUT2D eigenvalue weighted by Crippen LogP contribution is 2.40. The van der Waals surface area contributed by atoms with E-state index in [4.69, 9.17) is 4.74 Å². The first kappa shape index (κ1) is 21.8. The first-order chi connectivity index (χ1) is 14.4. The third kappa shape index (κ3) is 4.63. The molecule has 0 unspecified atom stereocenters. The number of aliphatic hydroxyl groups is 1. The van der Waals surface area contributed by atoms with Crippen LogP contribution in [-0.4, -0.2) is 60.4 Å². The monoisotopic (exact) mass is 426 g/mol. The van der Waals surface area contributed by atoms with Gasteiger partial charge in [-0.1, -0.05) is 30.9 Å². The molecule has 0 fully saturated rings. The van der Waals surface area contributed by atoms with Crippen LogP contribution in [0.1, 0.15) is 27.7 Å². The van der Waals surface area contributed by atoms with Crippen molar-refractivity contribution in [1.82, 2.24) is 9.80 Å². The van der Waals surface area contributed by atoms with E-state index < -0.39 is 17.7 Å². The molecule has 0 radical (unpaired) electrons. The van der Waals surface area contributed by atoms with E-state index in [1.807, 2.05) is 37.2 Å². The molecule has 1 N–H and O–H groups in total. The van der Waals surface area contributed by atoms with Crippen molar-refractivity contribution in [3.05, 3.63) is 76.2 Å². The smallest absolute Gasteiger partial charge is 0.290 e. The summed E-state index contributed by atoms with van der Waals surface area (Å²) >= 11 is 1.29. The molecule has 6 nitrogen and oxygen atoms in total. The molecule has 158 valence electrons. The minimum absolute atomic E-state index is 0.119. The van der Waals surface area contributed by atoms with Gasteiger partial charge in [-0.3, -0.25) is 9.59 Å². The van der Waals surface area contributed by atoms with Gasteiger partial charge in [-0.05, 0) is 56.2 Å². The van der Waals surface area contributed by atoms with Crippen LogP contribution in [0, 0.1) is 0 Å². The first-order valence-corrected chi connectivity index (χ1v) is 10.6. The van der Waals surface area contributed by atoms with Crippen molar-refractivity contribution in [1.29, 1.82) is 0 Å². The van der Waals surface area contributed by atoms with Crippen molar-refractivity contribution in [2.75, 3.05) is 33.8 Å². The van der Waals surface area contributed by atoms with Crippen LogP contribution in [0.3, 0.4) is 0 Å². The Hall–Kier alpha value is -2.90. The van der Waals surface area contributed by atoms with E-state index in [0.29, 0.717) is 23.8 Å². The number of aliphatic hydroxyl groups excluding tert-OH is 1. The van der Waals surface area contributed by atoms with Gasteiger partial charge < -0.3 is 19.6 Å². The Kier molecular flexibility index (Phi) is 7.07. The maximum Gasteiger partial charge on any atom is 0.290 e. The first-order valence-electron chi connectivity index (χ1n) is 9.74. The Labute approximate surface area is 180 Å². The van der Waals surface area contributed by atoms with Gasteiger partial charge >= 0.3 is 0 Å². The molecule has 0 bridgehead atoms. The van der Waals surface area contributed by atoms with Gasteiger partial charge in [-0.2, -0.15) is 0 Å². The minimum Gasteiger partial charge on any atom is -0.503 e. The van der Waals surface area contributed by atoms with Gasteiger partial charge in [0, 0.05) is 6.54 Å². The molecular weight excluding hydrogens is 400 g/mol. The third-order valence-electron chi connectivity index (χ3n) is 4.84. The molecule has 1 aliphatic heterocycles. The minimum atomic E-state index is -0.665. The van der Waals surface area contributed by atoms with Crippen molar-refractivity contribution in [3.8, 4) is 5.75 Å².